The van der Waals surface area contributed by atoms with Gasteiger partial charge in [-0.3, -0.25) is 4.79 Å². The zero-order valence-corrected chi connectivity index (χ0v) is 11.8. The lowest BCUT2D eigenvalue weighted by Gasteiger charge is -2.09. The van der Waals surface area contributed by atoms with Crippen LogP contribution in [-0.2, 0) is 0 Å². The first-order valence-corrected chi connectivity index (χ1v) is 6.35. The molecular weight excluding hydrogens is 263 g/mol. The summed E-state index contributed by atoms with van der Waals surface area (Å²) in [5.41, 5.74) is 2.80. The average molecular weight is 277 g/mol. The third-order valence-electron chi connectivity index (χ3n) is 3.03. The van der Waals surface area contributed by atoms with Crippen LogP contribution in [0.2, 0.25) is 5.02 Å². The van der Waals surface area contributed by atoms with Gasteiger partial charge < -0.3 is 0 Å². The van der Waals surface area contributed by atoms with Crippen molar-refractivity contribution in [3.8, 4) is 0 Å². The van der Waals surface area contributed by atoms with E-state index in [1.54, 1.807) is 38.1 Å². The van der Waals surface area contributed by atoms with Crippen LogP contribution in [0.15, 0.2) is 30.3 Å². The van der Waals surface area contributed by atoms with Crippen LogP contribution in [0, 0.1) is 26.6 Å². The minimum absolute atomic E-state index is 0.0938. The molecule has 0 radical (unpaired) electrons. The van der Waals surface area contributed by atoms with Crippen LogP contribution in [0.4, 0.5) is 4.39 Å². The Morgan fingerprint density at radius 1 is 1.05 bits per heavy atom. The van der Waals surface area contributed by atoms with Crippen molar-refractivity contribution in [1.29, 1.82) is 0 Å². The molecule has 0 aliphatic heterocycles. The number of carbonyl (C=O) groups is 1. The van der Waals surface area contributed by atoms with Crippen molar-refractivity contribution in [3.63, 3.8) is 0 Å². The fraction of sp³-hybridized carbons (Fsp3) is 0.188. The summed E-state index contributed by atoms with van der Waals surface area (Å²) < 4.78 is 14.0. The predicted molar refractivity (Wildman–Crippen MR) is 75.5 cm³/mol. The molecule has 0 aromatic heterocycles. The number of rotatable bonds is 2. The molecule has 0 spiro atoms. The van der Waals surface area contributed by atoms with Crippen LogP contribution < -0.4 is 0 Å². The average Bonchev–Trinajstić information content (AvgIpc) is 2.26. The molecule has 0 N–H and O–H groups in total. The van der Waals surface area contributed by atoms with E-state index in [1.807, 2.05) is 6.92 Å². The first-order valence-electron chi connectivity index (χ1n) is 5.97. The lowest BCUT2D eigenvalue weighted by Crippen LogP contribution is -2.08. The zero-order chi connectivity index (χ0) is 14.2. The van der Waals surface area contributed by atoms with E-state index in [0.717, 1.165) is 11.1 Å². The molecule has 2 aromatic rings. The Hall–Kier alpha value is -1.67. The maximum Gasteiger partial charge on any atom is 0.197 e. The van der Waals surface area contributed by atoms with Crippen LogP contribution in [0.3, 0.4) is 0 Å². The van der Waals surface area contributed by atoms with Crippen molar-refractivity contribution in [2.45, 2.75) is 20.8 Å². The lowest BCUT2D eigenvalue weighted by atomic mass is 9.96. The summed E-state index contributed by atoms with van der Waals surface area (Å²) in [6.45, 7) is 5.41. The summed E-state index contributed by atoms with van der Waals surface area (Å²) in [5.74, 6) is -0.876. The third kappa shape index (κ3) is 2.69. The topological polar surface area (TPSA) is 17.1 Å². The number of benzene rings is 2. The van der Waals surface area contributed by atoms with Gasteiger partial charge in [0.2, 0.25) is 0 Å². The van der Waals surface area contributed by atoms with Gasteiger partial charge in [-0.2, -0.15) is 0 Å². The van der Waals surface area contributed by atoms with E-state index < -0.39 is 5.82 Å². The maximum atomic E-state index is 14.0. The molecule has 0 saturated heterocycles. The molecule has 0 unspecified atom stereocenters. The molecule has 0 bridgehead atoms. The molecule has 2 rings (SSSR count). The largest absolute Gasteiger partial charge is 0.288 e. The van der Waals surface area contributed by atoms with E-state index in [0.29, 0.717) is 16.1 Å². The fourth-order valence-electron chi connectivity index (χ4n) is 2.14. The van der Waals surface area contributed by atoms with Crippen LogP contribution in [-0.4, -0.2) is 5.78 Å². The van der Waals surface area contributed by atoms with Crippen molar-refractivity contribution in [3.05, 3.63) is 69.0 Å². The second kappa shape index (κ2) is 5.14. The Kier molecular flexibility index (Phi) is 3.72. The van der Waals surface area contributed by atoms with Crippen molar-refractivity contribution in [2.24, 2.45) is 0 Å². The number of halogens is 2. The first-order chi connectivity index (χ1) is 8.90. The van der Waals surface area contributed by atoms with Gasteiger partial charge in [0.1, 0.15) is 5.82 Å². The van der Waals surface area contributed by atoms with Gasteiger partial charge >= 0.3 is 0 Å². The molecular formula is C16H14ClFO. The molecule has 3 heteroatoms. The standard InChI is InChI=1S/C16H14ClFO/c1-9-4-5-12(13(17)7-9)16(19)15-11(3)6-10(2)8-14(15)18/h4-8H,1-3H3. The van der Waals surface area contributed by atoms with E-state index in [1.165, 1.54) is 6.07 Å². The Bertz CT molecular complexity index is 639. The molecule has 1 nitrogen and oxygen atoms in total. The number of ketones is 1. The highest BCUT2D eigenvalue weighted by Gasteiger charge is 2.19. The minimum atomic E-state index is -0.501. The fourth-order valence-corrected chi connectivity index (χ4v) is 2.46. The third-order valence-corrected chi connectivity index (χ3v) is 3.34. The van der Waals surface area contributed by atoms with Gasteiger partial charge in [0, 0.05) is 5.56 Å². The number of aryl methyl sites for hydroxylation is 3. The summed E-state index contributed by atoms with van der Waals surface area (Å²) in [7, 11) is 0. The smallest absolute Gasteiger partial charge is 0.197 e. The van der Waals surface area contributed by atoms with E-state index >= 15 is 0 Å². The highest BCUT2D eigenvalue weighted by molar-refractivity contribution is 6.35. The predicted octanol–water partition coefficient (Wildman–Crippen LogP) is 4.64. The molecule has 0 amide bonds. The molecule has 2 aromatic carbocycles. The van der Waals surface area contributed by atoms with Crippen LogP contribution in [0.1, 0.15) is 32.6 Å². The molecule has 0 saturated carbocycles. The van der Waals surface area contributed by atoms with Gasteiger partial charge in [-0.15, -0.1) is 0 Å². The van der Waals surface area contributed by atoms with Crippen molar-refractivity contribution in [1.82, 2.24) is 0 Å². The quantitative estimate of drug-likeness (QED) is 0.731. The molecule has 19 heavy (non-hydrogen) atoms. The van der Waals surface area contributed by atoms with Gasteiger partial charge in [0.05, 0.1) is 10.6 Å². The van der Waals surface area contributed by atoms with E-state index in [2.05, 4.69) is 0 Å². The molecule has 0 heterocycles. The van der Waals surface area contributed by atoms with Crippen molar-refractivity contribution >= 4 is 17.4 Å². The Balaban J connectivity index is 2.56. The second-order valence-electron chi connectivity index (χ2n) is 4.75. The molecule has 98 valence electrons. The van der Waals surface area contributed by atoms with Crippen molar-refractivity contribution < 1.29 is 9.18 Å². The van der Waals surface area contributed by atoms with Crippen LogP contribution >= 0.6 is 11.6 Å². The Labute approximate surface area is 117 Å². The number of carbonyl (C=O) groups excluding carboxylic acids is 1. The summed E-state index contributed by atoms with van der Waals surface area (Å²) in [4.78, 5) is 12.4. The Morgan fingerprint density at radius 3 is 2.32 bits per heavy atom. The molecule has 0 aliphatic rings. The monoisotopic (exact) mass is 276 g/mol. The molecule has 0 fully saturated rings. The summed E-state index contributed by atoms with van der Waals surface area (Å²) in [6, 6.07) is 8.29. The molecule has 0 aliphatic carbocycles. The molecule has 0 atom stereocenters. The number of hydrogen-bond acceptors (Lipinski definition) is 1. The Morgan fingerprint density at radius 2 is 1.74 bits per heavy atom. The summed E-state index contributed by atoms with van der Waals surface area (Å²) in [6.07, 6.45) is 0. The van der Waals surface area contributed by atoms with Crippen molar-refractivity contribution in [2.75, 3.05) is 0 Å². The zero-order valence-electron chi connectivity index (χ0n) is 11.1. The van der Waals surface area contributed by atoms with Gasteiger partial charge in [-0.05, 0) is 55.7 Å². The van der Waals surface area contributed by atoms with Gasteiger partial charge in [0.25, 0.3) is 0 Å². The summed E-state index contributed by atoms with van der Waals surface area (Å²) in [5, 5.41) is 0.351. The van der Waals surface area contributed by atoms with E-state index in [9.17, 15) is 9.18 Å². The SMILES string of the molecule is Cc1cc(C)c(C(=O)c2ccc(C)cc2Cl)c(F)c1. The first kappa shape index (κ1) is 13.8. The van der Waals surface area contributed by atoms with Gasteiger partial charge in [-0.1, -0.05) is 23.7 Å². The maximum absolute atomic E-state index is 14.0. The highest BCUT2D eigenvalue weighted by atomic mass is 35.5. The van der Waals surface area contributed by atoms with Gasteiger partial charge in [0.15, 0.2) is 5.78 Å². The van der Waals surface area contributed by atoms with Crippen LogP contribution in [0.25, 0.3) is 0 Å². The summed E-state index contributed by atoms with van der Waals surface area (Å²) >= 11 is 6.07. The van der Waals surface area contributed by atoms with E-state index in [-0.39, 0.29) is 11.3 Å². The number of hydrogen-bond donors (Lipinski definition) is 0. The lowest BCUT2D eigenvalue weighted by molar-refractivity contribution is 0.103. The van der Waals surface area contributed by atoms with Gasteiger partial charge in [-0.25, -0.2) is 4.39 Å². The minimum Gasteiger partial charge on any atom is -0.288 e. The second-order valence-corrected chi connectivity index (χ2v) is 5.16. The van der Waals surface area contributed by atoms with Crippen LogP contribution in [0.5, 0.6) is 0 Å². The van der Waals surface area contributed by atoms with E-state index in [4.69, 9.17) is 11.6 Å². The normalized spacial score (nSPS) is 10.6. The highest BCUT2D eigenvalue weighted by Crippen LogP contribution is 2.24.